The Hall–Kier alpha value is -2.56. The summed E-state index contributed by atoms with van der Waals surface area (Å²) in [5.41, 5.74) is -0.0944. The van der Waals surface area contributed by atoms with E-state index in [2.05, 4.69) is 4.90 Å². The number of hydrogen-bond acceptors (Lipinski definition) is 9. The van der Waals surface area contributed by atoms with Crippen LogP contribution in [0.4, 0.5) is 4.39 Å². The van der Waals surface area contributed by atoms with E-state index in [1.165, 1.54) is 24.3 Å². The topological polar surface area (TPSA) is 132 Å². The van der Waals surface area contributed by atoms with Crippen molar-refractivity contribution in [1.29, 1.82) is 5.26 Å². The lowest BCUT2D eigenvalue weighted by Gasteiger charge is -2.50. The van der Waals surface area contributed by atoms with E-state index in [-0.39, 0.29) is 27.1 Å². The maximum atomic E-state index is 15.5. The standard InChI is InChI=1S/C24H26FN4O6PS2/c25-23-22-19(16-26)20(34-15-14-29-11-8-28(9-12-29)10-13-29)6-7-21(22)37-24(23)38(32,33)27-17-36(30,31)35-18-4-2-1-3-5-18/h1-7,27H,8-15,17H2. The van der Waals surface area contributed by atoms with Crippen LogP contribution in [0.3, 0.4) is 0 Å². The molecular formula is C24H26FN4O6PS2. The smallest absolute Gasteiger partial charge is 0.253 e. The van der Waals surface area contributed by atoms with Gasteiger partial charge in [-0.2, -0.15) is 5.26 Å². The number of rotatable bonds is 10. The number of nitrogens with zero attached hydrogens (tertiary/aromatic N) is 3. The molecule has 2 aromatic carbocycles. The van der Waals surface area contributed by atoms with Gasteiger partial charge in [-0.05, 0) is 24.3 Å². The number of benzene rings is 2. The van der Waals surface area contributed by atoms with Crippen LogP contribution in [0.5, 0.6) is 11.5 Å². The van der Waals surface area contributed by atoms with Gasteiger partial charge in [0.15, 0.2) is 17.6 Å². The minimum atomic E-state index is -4.67. The lowest BCUT2D eigenvalue weighted by molar-refractivity contribution is -0.940. The zero-order chi connectivity index (χ0) is 27.0. The molecule has 3 saturated heterocycles. The molecule has 1 aromatic heterocycles. The highest BCUT2D eigenvalue weighted by atomic mass is 32.2. The number of para-hydroxylation sites is 1. The molecule has 3 fully saturated rings. The predicted octanol–water partition coefficient (Wildman–Crippen LogP) is 2.31. The first-order valence-corrected chi connectivity index (χ1v) is 16.0. The quantitative estimate of drug-likeness (QED) is 0.286. The third-order valence-corrected chi connectivity index (χ3v) is 11.3. The first kappa shape index (κ1) is 27.0. The summed E-state index contributed by atoms with van der Waals surface area (Å²) < 4.78 is 66.6. The molecule has 202 valence electrons. The van der Waals surface area contributed by atoms with Crippen molar-refractivity contribution in [3.63, 3.8) is 0 Å². The average Bonchev–Trinajstić information content (AvgIpc) is 3.26. The Morgan fingerprint density at radius 1 is 1.16 bits per heavy atom. The molecule has 3 aliphatic heterocycles. The van der Waals surface area contributed by atoms with Crippen molar-refractivity contribution in [2.24, 2.45) is 0 Å². The van der Waals surface area contributed by atoms with Gasteiger partial charge in [0.05, 0.1) is 31.3 Å². The van der Waals surface area contributed by atoms with E-state index in [9.17, 15) is 23.1 Å². The number of halogens is 1. The Bertz CT molecular complexity index is 1520. The zero-order valence-corrected chi connectivity index (χ0v) is 22.9. The second-order valence-corrected chi connectivity index (χ2v) is 14.1. The van der Waals surface area contributed by atoms with E-state index in [0.29, 0.717) is 17.9 Å². The summed E-state index contributed by atoms with van der Waals surface area (Å²) in [4.78, 5) is 14.7. The lowest BCUT2D eigenvalue weighted by Crippen LogP contribution is -2.68. The van der Waals surface area contributed by atoms with E-state index in [4.69, 9.17) is 9.26 Å². The predicted molar refractivity (Wildman–Crippen MR) is 138 cm³/mol. The van der Waals surface area contributed by atoms with E-state index >= 15 is 4.39 Å². The summed E-state index contributed by atoms with van der Waals surface area (Å²) in [6.07, 6.45) is -1.07. The molecule has 2 bridgehead atoms. The first-order chi connectivity index (χ1) is 18.1. The average molecular weight is 581 g/mol. The van der Waals surface area contributed by atoms with Gasteiger partial charge in [-0.3, -0.25) is 9.46 Å². The summed E-state index contributed by atoms with van der Waals surface area (Å²) >= 11 is 0.606. The Kier molecular flexibility index (Phi) is 7.50. The van der Waals surface area contributed by atoms with Crippen LogP contribution in [0.15, 0.2) is 46.7 Å². The molecule has 1 unspecified atom stereocenters. The number of piperazine rings is 3. The van der Waals surface area contributed by atoms with Crippen molar-refractivity contribution in [1.82, 2.24) is 9.62 Å². The molecule has 10 nitrogen and oxygen atoms in total. The number of nitriles is 1. The summed E-state index contributed by atoms with van der Waals surface area (Å²) in [6.45, 7) is 7.43. The van der Waals surface area contributed by atoms with Crippen LogP contribution in [0.2, 0.25) is 0 Å². The van der Waals surface area contributed by atoms with E-state index in [0.717, 1.165) is 50.3 Å². The molecule has 6 rings (SSSR count). The van der Waals surface area contributed by atoms with Gasteiger partial charge in [0.2, 0.25) is 0 Å². The first-order valence-electron chi connectivity index (χ1n) is 12.0. The molecule has 0 spiro atoms. The summed E-state index contributed by atoms with van der Waals surface area (Å²) in [5.74, 6) is -0.919. The SMILES string of the molecule is N#Cc1c(OCC[N+]23CCN(CC2)CC3)ccc2sc(S(=O)(=O)NCP(=O)([O-])Oc3ccccc3)c(F)c12. The Balaban J connectivity index is 1.32. The fraction of sp³-hybridized carbons (Fsp3) is 0.375. The number of hydrogen-bond donors (Lipinski definition) is 1. The highest BCUT2D eigenvalue weighted by Gasteiger charge is 2.38. The van der Waals surface area contributed by atoms with E-state index in [1.54, 1.807) is 18.2 Å². The molecule has 0 radical (unpaired) electrons. The minimum Gasteiger partial charge on any atom is -0.768 e. The van der Waals surface area contributed by atoms with Gasteiger partial charge in [0, 0.05) is 24.3 Å². The van der Waals surface area contributed by atoms with Crippen molar-refractivity contribution in [3.05, 3.63) is 53.8 Å². The molecular weight excluding hydrogens is 554 g/mol. The maximum absolute atomic E-state index is 15.5. The van der Waals surface area contributed by atoms with Gasteiger partial charge < -0.3 is 18.6 Å². The van der Waals surface area contributed by atoms with Crippen LogP contribution in [0, 0.1) is 17.1 Å². The number of fused-ring (bicyclic) bond motifs is 4. The second-order valence-electron chi connectivity index (χ2n) is 9.37. The fourth-order valence-corrected chi connectivity index (χ4v) is 8.83. The van der Waals surface area contributed by atoms with Gasteiger partial charge in [0.25, 0.3) is 10.0 Å². The molecule has 1 atom stereocenters. The highest BCUT2D eigenvalue weighted by Crippen LogP contribution is 2.40. The maximum Gasteiger partial charge on any atom is 0.253 e. The van der Waals surface area contributed by atoms with Gasteiger partial charge in [0.1, 0.15) is 36.3 Å². The van der Waals surface area contributed by atoms with Crippen molar-refractivity contribution in [2.75, 3.05) is 58.7 Å². The van der Waals surface area contributed by atoms with Crippen LogP contribution in [0.1, 0.15) is 5.56 Å². The third kappa shape index (κ3) is 5.58. The van der Waals surface area contributed by atoms with Crippen LogP contribution >= 0.6 is 18.9 Å². The molecule has 38 heavy (non-hydrogen) atoms. The van der Waals surface area contributed by atoms with Crippen LogP contribution in [-0.4, -0.2) is 76.5 Å². The summed E-state index contributed by atoms with van der Waals surface area (Å²) in [7, 11) is -9.24. The van der Waals surface area contributed by atoms with Crippen molar-refractivity contribution in [2.45, 2.75) is 4.21 Å². The van der Waals surface area contributed by atoms with Crippen molar-refractivity contribution < 1.29 is 36.0 Å². The van der Waals surface area contributed by atoms with Crippen molar-refractivity contribution >= 4 is 39.0 Å². The van der Waals surface area contributed by atoms with Crippen molar-refractivity contribution in [3.8, 4) is 17.6 Å². The van der Waals surface area contributed by atoms with Crippen LogP contribution in [-0.2, 0) is 14.6 Å². The van der Waals surface area contributed by atoms with E-state index in [1.807, 2.05) is 10.8 Å². The van der Waals surface area contributed by atoms with Crippen LogP contribution < -0.4 is 18.9 Å². The third-order valence-electron chi connectivity index (χ3n) is 7.02. The molecule has 3 aliphatic rings. The van der Waals surface area contributed by atoms with Gasteiger partial charge in [-0.1, -0.05) is 18.2 Å². The highest BCUT2D eigenvalue weighted by molar-refractivity contribution is 7.92. The lowest BCUT2D eigenvalue weighted by atomic mass is 10.1. The van der Waals surface area contributed by atoms with Gasteiger partial charge in [-0.15, -0.1) is 11.3 Å². The zero-order valence-electron chi connectivity index (χ0n) is 20.3. The fourth-order valence-electron chi connectivity index (χ4n) is 4.84. The molecule has 14 heteroatoms. The largest absolute Gasteiger partial charge is 0.768 e. The molecule has 1 N–H and O–H groups in total. The molecule has 0 aliphatic carbocycles. The summed E-state index contributed by atoms with van der Waals surface area (Å²) in [6, 6.07) is 12.6. The molecule has 3 aromatic rings. The molecule has 0 amide bonds. The normalized spacial score (nSPS) is 22.6. The number of thiophene rings is 1. The Morgan fingerprint density at radius 3 is 2.50 bits per heavy atom. The Morgan fingerprint density at radius 2 is 1.84 bits per heavy atom. The second kappa shape index (κ2) is 10.5. The number of quaternary nitrogens is 1. The number of nitrogens with one attached hydrogen (secondary N) is 1. The van der Waals surface area contributed by atoms with Crippen LogP contribution in [0.25, 0.3) is 10.1 Å². The number of ether oxygens (including phenoxy) is 1. The summed E-state index contributed by atoms with van der Waals surface area (Å²) in [5, 5.41) is 9.63. The van der Waals surface area contributed by atoms with Gasteiger partial charge >= 0.3 is 0 Å². The monoisotopic (exact) mass is 580 g/mol. The minimum absolute atomic E-state index is 0.0246. The number of sulfonamides is 1. The van der Waals surface area contributed by atoms with Gasteiger partial charge in [-0.25, -0.2) is 17.5 Å². The molecule has 4 heterocycles. The van der Waals surface area contributed by atoms with E-state index < -0.39 is 33.9 Å². The Labute approximate surface area is 224 Å². The molecule has 0 saturated carbocycles.